The van der Waals surface area contributed by atoms with Crippen molar-refractivity contribution >= 4 is 11.8 Å². The largest absolute Gasteiger partial charge is 0.354 e. The lowest BCUT2D eigenvalue weighted by molar-refractivity contribution is -0.125. The SMILES string of the molecule is CC(C)C(C)(C)CNC(=O)CNC(=O)CN. The number of hydrogen-bond donors (Lipinski definition) is 3. The maximum Gasteiger partial charge on any atom is 0.239 e. The smallest absolute Gasteiger partial charge is 0.239 e. The molecule has 0 atom stereocenters. The highest BCUT2D eigenvalue weighted by Crippen LogP contribution is 2.24. The van der Waals surface area contributed by atoms with Gasteiger partial charge in [0.2, 0.25) is 11.8 Å². The summed E-state index contributed by atoms with van der Waals surface area (Å²) in [4.78, 5) is 22.2. The minimum atomic E-state index is -0.321. The zero-order valence-corrected chi connectivity index (χ0v) is 10.6. The number of carbonyl (C=O) groups excluding carboxylic acids is 2. The molecule has 0 unspecified atom stereocenters. The van der Waals surface area contributed by atoms with Crippen molar-refractivity contribution in [3.63, 3.8) is 0 Å². The van der Waals surface area contributed by atoms with E-state index in [1.54, 1.807) is 0 Å². The first-order valence-electron chi connectivity index (χ1n) is 5.53. The molecule has 0 radical (unpaired) electrons. The van der Waals surface area contributed by atoms with Crippen molar-refractivity contribution in [2.24, 2.45) is 17.1 Å². The second-order valence-electron chi connectivity index (χ2n) is 4.90. The Morgan fingerprint density at radius 1 is 1.19 bits per heavy atom. The van der Waals surface area contributed by atoms with E-state index in [0.717, 1.165) is 0 Å². The number of carbonyl (C=O) groups is 2. The molecule has 0 heterocycles. The summed E-state index contributed by atoms with van der Waals surface area (Å²) in [5, 5.41) is 5.21. The molecule has 0 aliphatic carbocycles. The third kappa shape index (κ3) is 5.70. The molecular formula is C11H23N3O2. The van der Waals surface area contributed by atoms with Crippen molar-refractivity contribution in [2.45, 2.75) is 27.7 Å². The first kappa shape index (κ1) is 14.9. The van der Waals surface area contributed by atoms with E-state index in [1.807, 2.05) is 0 Å². The van der Waals surface area contributed by atoms with Crippen molar-refractivity contribution in [1.29, 1.82) is 0 Å². The highest BCUT2D eigenvalue weighted by Gasteiger charge is 2.22. The van der Waals surface area contributed by atoms with Crippen LogP contribution in [0.15, 0.2) is 0 Å². The Morgan fingerprint density at radius 3 is 2.19 bits per heavy atom. The fourth-order valence-electron chi connectivity index (χ4n) is 0.844. The Labute approximate surface area is 97.2 Å². The van der Waals surface area contributed by atoms with Gasteiger partial charge in [-0.2, -0.15) is 0 Å². The van der Waals surface area contributed by atoms with Crippen LogP contribution in [0, 0.1) is 11.3 Å². The van der Waals surface area contributed by atoms with Crippen LogP contribution in [0.2, 0.25) is 0 Å². The van der Waals surface area contributed by atoms with E-state index in [9.17, 15) is 9.59 Å². The lowest BCUT2D eigenvalue weighted by Crippen LogP contribution is -2.43. The van der Waals surface area contributed by atoms with Gasteiger partial charge in [-0.05, 0) is 11.3 Å². The van der Waals surface area contributed by atoms with Gasteiger partial charge < -0.3 is 16.4 Å². The van der Waals surface area contributed by atoms with Crippen molar-refractivity contribution in [3.05, 3.63) is 0 Å². The summed E-state index contributed by atoms with van der Waals surface area (Å²) in [7, 11) is 0. The molecule has 0 aliphatic rings. The van der Waals surface area contributed by atoms with Crippen LogP contribution in [0.4, 0.5) is 0 Å². The van der Waals surface area contributed by atoms with Crippen LogP contribution < -0.4 is 16.4 Å². The van der Waals surface area contributed by atoms with Gasteiger partial charge in [0.25, 0.3) is 0 Å². The molecule has 0 aromatic heterocycles. The highest BCUT2D eigenvalue weighted by atomic mass is 16.2. The van der Waals surface area contributed by atoms with Gasteiger partial charge in [-0.15, -0.1) is 0 Å². The highest BCUT2D eigenvalue weighted by molar-refractivity contribution is 5.85. The minimum Gasteiger partial charge on any atom is -0.354 e. The average molecular weight is 229 g/mol. The first-order chi connectivity index (χ1) is 7.29. The third-order valence-electron chi connectivity index (χ3n) is 2.94. The van der Waals surface area contributed by atoms with Gasteiger partial charge in [-0.3, -0.25) is 9.59 Å². The minimum absolute atomic E-state index is 0.00971. The maximum absolute atomic E-state index is 11.4. The topological polar surface area (TPSA) is 84.2 Å². The standard InChI is InChI=1S/C11H23N3O2/c1-8(2)11(3,4)7-14-10(16)6-13-9(15)5-12/h8H,5-7,12H2,1-4H3,(H,13,15)(H,14,16). The molecule has 0 aromatic carbocycles. The molecule has 5 nitrogen and oxygen atoms in total. The van der Waals surface area contributed by atoms with Crippen LogP contribution >= 0.6 is 0 Å². The van der Waals surface area contributed by atoms with E-state index in [-0.39, 0.29) is 30.3 Å². The summed E-state index contributed by atoms with van der Waals surface area (Å²) in [6.07, 6.45) is 0. The quantitative estimate of drug-likeness (QED) is 0.592. The molecule has 4 N–H and O–H groups in total. The Balaban J connectivity index is 3.86. The summed E-state index contributed by atoms with van der Waals surface area (Å²) in [5.74, 6) is -0.0276. The first-order valence-corrected chi connectivity index (χ1v) is 5.53. The number of amides is 2. The van der Waals surface area contributed by atoms with Crippen molar-refractivity contribution in [1.82, 2.24) is 10.6 Å². The lowest BCUT2D eigenvalue weighted by Gasteiger charge is -2.29. The lowest BCUT2D eigenvalue weighted by atomic mass is 9.81. The second-order valence-corrected chi connectivity index (χ2v) is 4.90. The second kappa shape index (κ2) is 6.48. The van der Waals surface area contributed by atoms with Gasteiger partial charge in [-0.25, -0.2) is 0 Å². The molecule has 0 bridgehead atoms. The fraction of sp³-hybridized carbons (Fsp3) is 0.818. The van der Waals surface area contributed by atoms with Crippen LogP contribution in [0.3, 0.4) is 0 Å². The predicted octanol–water partition coefficient (Wildman–Crippen LogP) is -0.140. The molecule has 0 rings (SSSR count). The van der Waals surface area contributed by atoms with E-state index in [0.29, 0.717) is 12.5 Å². The number of nitrogens with one attached hydrogen (secondary N) is 2. The van der Waals surface area contributed by atoms with Crippen LogP contribution in [0.25, 0.3) is 0 Å². The molecule has 0 aliphatic heterocycles. The number of nitrogens with two attached hydrogens (primary N) is 1. The van der Waals surface area contributed by atoms with E-state index in [4.69, 9.17) is 5.73 Å². The predicted molar refractivity (Wildman–Crippen MR) is 63.7 cm³/mol. The summed E-state index contributed by atoms with van der Waals surface area (Å²) in [6.45, 7) is 8.91. The van der Waals surface area contributed by atoms with E-state index in [1.165, 1.54) is 0 Å². The molecule has 94 valence electrons. The van der Waals surface area contributed by atoms with Crippen molar-refractivity contribution < 1.29 is 9.59 Å². The summed E-state index contributed by atoms with van der Waals surface area (Å²) >= 11 is 0. The van der Waals surface area contributed by atoms with E-state index >= 15 is 0 Å². The van der Waals surface area contributed by atoms with Crippen molar-refractivity contribution in [3.8, 4) is 0 Å². The number of hydrogen-bond acceptors (Lipinski definition) is 3. The van der Waals surface area contributed by atoms with Gasteiger partial charge in [0.15, 0.2) is 0 Å². The average Bonchev–Trinajstić information content (AvgIpc) is 2.22. The van der Waals surface area contributed by atoms with Crippen LogP contribution in [0.5, 0.6) is 0 Å². The molecule has 0 fully saturated rings. The van der Waals surface area contributed by atoms with Gasteiger partial charge >= 0.3 is 0 Å². The maximum atomic E-state index is 11.4. The summed E-state index contributed by atoms with van der Waals surface area (Å²) in [6, 6.07) is 0. The molecule has 0 aromatic rings. The van der Waals surface area contributed by atoms with Gasteiger partial charge in [0.1, 0.15) is 0 Å². The molecule has 0 saturated carbocycles. The Morgan fingerprint density at radius 2 is 1.75 bits per heavy atom. The summed E-state index contributed by atoms with van der Waals surface area (Å²) in [5.41, 5.74) is 5.15. The Bertz CT molecular complexity index is 250. The van der Waals surface area contributed by atoms with Gasteiger partial charge in [0.05, 0.1) is 13.1 Å². The molecule has 0 spiro atoms. The third-order valence-corrected chi connectivity index (χ3v) is 2.94. The number of rotatable bonds is 6. The van der Waals surface area contributed by atoms with Crippen LogP contribution in [-0.4, -0.2) is 31.4 Å². The zero-order valence-electron chi connectivity index (χ0n) is 10.6. The Hall–Kier alpha value is -1.10. The zero-order chi connectivity index (χ0) is 12.8. The van der Waals surface area contributed by atoms with Crippen molar-refractivity contribution in [2.75, 3.05) is 19.6 Å². The van der Waals surface area contributed by atoms with Crippen LogP contribution in [-0.2, 0) is 9.59 Å². The molecular weight excluding hydrogens is 206 g/mol. The van der Waals surface area contributed by atoms with E-state index < -0.39 is 0 Å². The van der Waals surface area contributed by atoms with E-state index in [2.05, 4.69) is 38.3 Å². The fourth-order valence-corrected chi connectivity index (χ4v) is 0.844. The van der Waals surface area contributed by atoms with Gasteiger partial charge in [0, 0.05) is 6.54 Å². The Kier molecular flexibility index (Phi) is 6.03. The van der Waals surface area contributed by atoms with Crippen LogP contribution in [0.1, 0.15) is 27.7 Å². The van der Waals surface area contributed by atoms with Gasteiger partial charge in [-0.1, -0.05) is 27.7 Å². The molecule has 5 heteroatoms. The monoisotopic (exact) mass is 229 g/mol. The molecule has 0 saturated heterocycles. The normalized spacial score (nSPS) is 11.4. The molecule has 16 heavy (non-hydrogen) atoms. The molecule has 2 amide bonds. The summed E-state index contributed by atoms with van der Waals surface area (Å²) < 4.78 is 0.